The molecule has 0 aromatic heterocycles. The van der Waals surface area contributed by atoms with E-state index in [9.17, 15) is 19.5 Å². The van der Waals surface area contributed by atoms with E-state index < -0.39 is 22.6 Å². The van der Waals surface area contributed by atoms with Crippen LogP contribution in [0.4, 0.5) is 9.59 Å². The minimum Gasteiger partial charge on any atom is -0.481 e. The van der Waals surface area contributed by atoms with Gasteiger partial charge >= 0.3 is 18.1 Å². The molecule has 0 saturated carbocycles. The summed E-state index contributed by atoms with van der Waals surface area (Å²) < 4.78 is -0.615. The first-order valence-corrected chi connectivity index (χ1v) is 5.91. The van der Waals surface area contributed by atoms with E-state index >= 15 is 0 Å². The number of urea groups is 1. The van der Waals surface area contributed by atoms with Crippen molar-refractivity contribution in [2.75, 3.05) is 20.1 Å². The molecular weight excluding hydrogens is 240 g/mol. The van der Waals surface area contributed by atoms with Crippen LogP contribution in [0, 0.1) is 0 Å². The van der Waals surface area contributed by atoms with E-state index in [0.717, 1.165) is 0 Å². The van der Waals surface area contributed by atoms with Gasteiger partial charge < -0.3 is 10.2 Å². The van der Waals surface area contributed by atoms with Gasteiger partial charge in [-0.2, -0.15) is 4.79 Å². The molecule has 1 aliphatic heterocycles. The second-order valence-electron chi connectivity index (χ2n) is 4.71. The van der Waals surface area contributed by atoms with Gasteiger partial charge in [0.1, 0.15) is 6.04 Å². The van der Waals surface area contributed by atoms with E-state index in [2.05, 4.69) is 0 Å². The summed E-state index contributed by atoms with van der Waals surface area (Å²) >= 11 is 0. The van der Waals surface area contributed by atoms with Gasteiger partial charge in [-0.1, -0.05) is 0 Å². The maximum Gasteiger partial charge on any atom is 0.523 e. The van der Waals surface area contributed by atoms with E-state index in [4.69, 9.17) is 5.11 Å². The Morgan fingerprint density at radius 2 is 1.94 bits per heavy atom. The predicted octanol–water partition coefficient (Wildman–Crippen LogP) is 1.19. The monoisotopic (exact) mass is 259 g/mol. The van der Waals surface area contributed by atoms with Crippen molar-refractivity contribution in [2.45, 2.75) is 32.2 Å². The Balaban J connectivity index is 2.84. The number of carboxylic acid groups (broad SMARTS) is 2. The van der Waals surface area contributed by atoms with Crippen molar-refractivity contribution in [1.29, 1.82) is 0 Å². The highest BCUT2D eigenvalue weighted by Crippen LogP contribution is 2.29. The molecule has 0 aromatic carbocycles. The molecular formula is C11H19N2O5+. The number of carboxylic acids is 1. The molecule has 7 nitrogen and oxygen atoms in total. The van der Waals surface area contributed by atoms with Crippen LogP contribution < -0.4 is 0 Å². The van der Waals surface area contributed by atoms with Crippen molar-refractivity contribution in [3.63, 3.8) is 0 Å². The first kappa shape index (κ1) is 14.4. The maximum atomic E-state index is 12.3. The van der Waals surface area contributed by atoms with Gasteiger partial charge in [-0.05, 0) is 6.92 Å². The third kappa shape index (κ3) is 2.45. The first-order valence-electron chi connectivity index (χ1n) is 5.91. The number of amides is 3. The molecule has 2 atom stereocenters. The third-order valence-corrected chi connectivity index (χ3v) is 3.56. The molecule has 0 bridgehead atoms. The second-order valence-corrected chi connectivity index (χ2v) is 4.71. The highest BCUT2D eigenvalue weighted by atomic mass is 16.4. The molecule has 1 unspecified atom stereocenters. The number of nitrogens with zero attached hydrogens (tertiary/aromatic N) is 2. The van der Waals surface area contributed by atoms with Crippen LogP contribution in [0.15, 0.2) is 0 Å². The Kier molecular flexibility index (Phi) is 4.28. The fourth-order valence-corrected chi connectivity index (χ4v) is 2.39. The van der Waals surface area contributed by atoms with Gasteiger partial charge in [0.05, 0.1) is 13.0 Å². The van der Waals surface area contributed by atoms with Crippen molar-refractivity contribution in [2.24, 2.45) is 0 Å². The van der Waals surface area contributed by atoms with Crippen LogP contribution in [-0.4, -0.2) is 63.9 Å². The summed E-state index contributed by atoms with van der Waals surface area (Å²) in [5.74, 6) is -1.01. The lowest BCUT2D eigenvalue weighted by Crippen LogP contribution is -2.62. The van der Waals surface area contributed by atoms with Crippen molar-refractivity contribution in [3.8, 4) is 0 Å². The van der Waals surface area contributed by atoms with Crippen molar-refractivity contribution >= 4 is 18.1 Å². The lowest BCUT2D eigenvalue weighted by Gasteiger charge is -2.32. The van der Waals surface area contributed by atoms with Gasteiger partial charge in [0, 0.05) is 26.4 Å². The molecule has 0 aliphatic carbocycles. The van der Waals surface area contributed by atoms with Gasteiger partial charge in [0.15, 0.2) is 0 Å². The summed E-state index contributed by atoms with van der Waals surface area (Å²) in [7, 11) is 1.44. The number of aliphatic carboxylic acids is 1. The van der Waals surface area contributed by atoms with E-state index in [1.165, 1.54) is 11.9 Å². The summed E-state index contributed by atoms with van der Waals surface area (Å²) in [6, 6.07) is -0.809. The molecule has 0 radical (unpaired) electrons. The lowest BCUT2D eigenvalue weighted by atomic mass is 10.2. The van der Waals surface area contributed by atoms with E-state index in [-0.39, 0.29) is 25.6 Å². The number of imide groups is 1. The molecule has 1 rings (SSSR count). The first-order chi connectivity index (χ1) is 8.32. The van der Waals surface area contributed by atoms with Crippen LogP contribution in [0.1, 0.15) is 26.2 Å². The molecule has 0 aromatic rings. The zero-order valence-corrected chi connectivity index (χ0v) is 10.6. The summed E-state index contributed by atoms with van der Waals surface area (Å²) in [6.07, 6.45) is 0.0275. The maximum absolute atomic E-state index is 12.3. The fraction of sp³-hybridized carbons (Fsp3) is 0.727. The summed E-state index contributed by atoms with van der Waals surface area (Å²) in [4.78, 5) is 35.3. The predicted molar refractivity (Wildman–Crippen MR) is 62.1 cm³/mol. The van der Waals surface area contributed by atoms with Gasteiger partial charge in [0.25, 0.3) is 0 Å². The largest absolute Gasteiger partial charge is 0.523 e. The Morgan fingerprint density at radius 1 is 1.33 bits per heavy atom. The minimum atomic E-state index is -1.16. The standard InChI is InChI=1S/C11H18N2O5/c1-8-4-3-7-13(8,11(17)18)10(16)12(2)6-5-9(14)15/h8H,3-7H2,1-2H3,(H-,14,15,17,18)/p+1/t8-,13?/m1/s1. The average molecular weight is 259 g/mol. The van der Waals surface area contributed by atoms with E-state index in [0.29, 0.717) is 12.8 Å². The molecule has 0 spiro atoms. The zero-order valence-electron chi connectivity index (χ0n) is 10.6. The smallest absolute Gasteiger partial charge is 0.481 e. The van der Waals surface area contributed by atoms with Crippen LogP contribution in [0.3, 0.4) is 0 Å². The van der Waals surface area contributed by atoms with Gasteiger partial charge in [-0.3, -0.25) is 9.69 Å². The molecule has 2 N–H and O–H groups in total. The molecule has 1 heterocycles. The van der Waals surface area contributed by atoms with Crippen LogP contribution in [0.25, 0.3) is 0 Å². The normalized spacial score (nSPS) is 26.9. The molecule has 1 saturated heterocycles. The number of likely N-dealkylation sites (tertiary alicyclic amines) is 1. The van der Waals surface area contributed by atoms with Gasteiger partial charge in [-0.25, -0.2) is 4.79 Å². The molecule has 1 fully saturated rings. The van der Waals surface area contributed by atoms with Crippen molar-refractivity contribution < 1.29 is 29.1 Å². The number of carbonyl (C=O) groups is 3. The van der Waals surface area contributed by atoms with Crippen LogP contribution in [-0.2, 0) is 4.79 Å². The Labute approximate surface area is 105 Å². The Bertz CT molecular complexity index is 370. The summed E-state index contributed by atoms with van der Waals surface area (Å²) in [6.45, 7) is 2.03. The van der Waals surface area contributed by atoms with Crippen LogP contribution in [0.5, 0.6) is 0 Å². The van der Waals surface area contributed by atoms with Gasteiger partial charge in [0.2, 0.25) is 0 Å². The van der Waals surface area contributed by atoms with Crippen molar-refractivity contribution in [3.05, 3.63) is 0 Å². The van der Waals surface area contributed by atoms with Crippen LogP contribution in [0.2, 0.25) is 0 Å². The molecule has 18 heavy (non-hydrogen) atoms. The Morgan fingerprint density at radius 3 is 2.33 bits per heavy atom. The topological polar surface area (TPSA) is 94.9 Å². The molecule has 3 amide bonds. The number of quaternary nitrogens is 1. The number of hydrogen-bond donors (Lipinski definition) is 2. The Hall–Kier alpha value is -1.63. The zero-order chi connectivity index (χ0) is 13.9. The van der Waals surface area contributed by atoms with E-state index in [1.54, 1.807) is 6.92 Å². The summed E-state index contributed by atoms with van der Waals surface area (Å²) in [5.41, 5.74) is 0. The van der Waals surface area contributed by atoms with Gasteiger partial charge in [-0.15, -0.1) is 4.48 Å². The molecule has 1 aliphatic rings. The highest BCUT2D eigenvalue weighted by molar-refractivity contribution is 5.79. The third-order valence-electron chi connectivity index (χ3n) is 3.56. The number of rotatable bonds is 3. The lowest BCUT2D eigenvalue weighted by molar-refractivity contribution is -0.790. The minimum absolute atomic E-state index is 0.0220. The molecule has 7 heteroatoms. The average Bonchev–Trinajstić information content (AvgIpc) is 2.67. The van der Waals surface area contributed by atoms with Crippen molar-refractivity contribution in [1.82, 2.24) is 4.90 Å². The molecule has 102 valence electrons. The number of carbonyl (C=O) groups excluding carboxylic acids is 1. The quantitative estimate of drug-likeness (QED) is 0.742. The number of hydrogen-bond acceptors (Lipinski definition) is 3. The second kappa shape index (κ2) is 5.34. The fourth-order valence-electron chi connectivity index (χ4n) is 2.39. The summed E-state index contributed by atoms with van der Waals surface area (Å²) in [5, 5.41) is 17.9. The highest BCUT2D eigenvalue weighted by Gasteiger charge is 2.54. The van der Waals surface area contributed by atoms with Crippen LogP contribution >= 0.6 is 0 Å². The van der Waals surface area contributed by atoms with E-state index in [1.807, 2.05) is 0 Å². The SMILES string of the molecule is C[C@@H]1CCC[N+]1(C(=O)O)C(=O)N(C)CCC(=O)O.